The van der Waals surface area contributed by atoms with Gasteiger partial charge in [0.05, 0.1) is 0 Å². The van der Waals surface area contributed by atoms with Crippen molar-refractivity contribution in [1.29, 1.82) is 0 Å². The maximum atomic E-state index is 12.6. The monoisotopic (exact) mass is 426 g/mol. The molecule has 0 bridgehead atoms. The lowest BCUT2D eigenvalue weighted by molar-refractivity contribution is -0.117. The van der Waals surface area contributed by atoms with Crippen LogP contribution >= 0.6 is 0 Å². The molecule has 0 amide bonds. The smallest absolute Gasteiger partial charge is 0.130 e. The molecule has 1 heteroatoms. The molecule has 0 aromatic heterocycles. The number of benzene rings is 4. The average Bonchev–Trinajstić information content (AvgIpc) is 3.20. The van der Waals surface area contributed by atoms with Gasteiger partial charge in [0.1, 0.15) is 5.78 Å². The van der Waals surface area contributed by atoms with Crippen LogP contribution in [0.5, 0.6) is 0 Å². The summed E-state index contributed by atoms with van der Waals surface area (Å²) in [5.41, 5.74) is 9.59. The van der Waals surface area contributed by atoms with Gasteiger partial charge >= 0.3 is 0 Å². The number of carbonyl (C=O) groups is 1. The van der Waals surface area contributed by atoms with Crippen molar-refractivity contribution in [2.24, 2.45) is 5.92 Å². The number of hydrogen-bond donors (Lipinski definition) is 0. The van der Waals surface area contributed by atoms with Crippen LogP contribution in [0.15, 0.2) is 121 Å². The van der Waals surface area contributed by atoms with E-state index in [-0.39, 0.29) is 11.7 Å². The summed E-state index contributed by atoms with van der Waals surface area (Å²) in [6, 6.07) is 42.3. The van der Waals surface area contributed by atoms with Crippen LogP contribution in [0.1, 0.15) is 35.6 Å². The van der Waals surface area contributed by atoms with Crippen LogP contribution in [0.25, 0.3) is 22.3 Å². The summed E-state index contributed by atoms with van der Waals surface area (Å²) >= 11 is 0. The number of carbonyl (C=O) groups excluding carboxylic acids is 1. The minimum Gasteiger partial charge on any atom is -0.300 e. The van der Waals surface area contributed by atoms with Crippen LogP contribution in [-0.2, 0) is 4.79 Å². The molecule has 1 nitrogen and oxygen atoms in total. The first-order valence-electron chi connectivity index (χ1n) is 11.4. The Morgan fingerprint density at radius 1 is 0.515 bits per heavy atom. The fourth-order valence-electron chi connectivity index (χ4n) is 4.99. The lowest BCUT2D eigenvalue weighted by Crippen LogP contribution is -2.09. The molecule has 160 valence electrons. The molecule has 0 aliphatic heterocycles. The Kier molecular flexibility index (Phi) is 5.87. The van der Waals surface area contributed by atoms with Crippen LogP contribution in [-0.4, -0.2) is 5.78 Å². The van der Waals surface area contributed by atoms with E-state index in [0.29, 0.717) is 6.42 Å². The molecule has 0 saturated heterocycles. The number of ketones is 1. The summed E-state index contributed by atoms with van der Waals surface area (Å²) in [6.07, 6.45) is 0.473. The molecule has 4 aromatic carbocycles. The first kappa shape index (κ1) is 20.9. The van der Waals surface area contributed by atoms with E-state index in [4.69, 9.17) is 0 Å². The average molecular weight is 427 g/mol. The van der Waals surface area contributed by atoms with Crippen molar-refractivity contribution in [2.45, 2.75) is 13.3 Å². The van der Waals surface area contributed by atoms with E-state index in [9.17, 15) is 4.79 Å². The first-order valence-corrected chi connectivity index (χ1v) is 11.4. The summed E-state index contributed by atoms with van der Waals surface area (Å²) in [4.78, 5) is 12.6. The number of allylic oxidation sites excluding steroid dienone is 4. The van der Waals surface area contributed by atoms with E-state index in [0.717, 1.165) is 0 Å². The van der Waals surface area contributed by atoms with E-state index < -0.39 is 0 Å². The maximum Gasteiger partial charge on any atom is 0.130 e. The molecule has 0 N–H and O–H groups in total. The van der Waals surface area contributed by atoms with Crippen LogP contribution in [0.2, 0.25) is 0 Å². The quantitative estimate of drug-likeness (QED) is 0.307. The van der Waals surface area contributed by atoms with Gasteiger partial charge in [-0.2, -0.15) is 0 Å². The summed E-state index contributed by atoms with van der Waals surface area (Å²) in [7, 11) is 0. The highest BCUT2D eigenvalue weighted by molar-refractivity contribution is 6.28. The molecule has 5 rings (SSSR count). The van der Waals surface area contributed by atoms with Gasteiger partial charge in [0.25, 0.3) is 0 Å². The van der Waals surface area contributed by atoms with Gasteiger partial charge in [-0.1, -0.05) is 121 Å². The Morgan fingerprint density at radius 3 is 1.12 bits per heavy atom. The number of Topliss-reactive ketones (excluding diaryl/α,β-unsaturated/α-hetero) is 1. The van der Waals surface area contributed by atoms with Crippen molar-refractivity contribution < 1.29 is 4.79 Å². The third kappa shape index (κ3) is 4.10. The largest absolute Gasteiger partial charge is 0.300 e. The lowest BCUT2D eigenvalue weighted by Gasteiger charge is -2.20. The molecular weight excluding hydrogens is 400 g/mol. The fourth-order valence-corrected chi connectivity index (χ4v) is 4.99. The van der Waals surface area contributed by atoms with Crippen LogP contribution in [0.3, 0.4) is 0 Å². The maximum absolute atomic E-state index is 12.6. The van der Waals surface area contributed by atoms with Gasteiger partial charge in [-0.05, 0) is 51.5 Å². The van der Waals surface area contributed by atoms with Crippen molar-refractivity contribution in [3.63, 3.8) is 0 Å². The van der Waals surface area contributed by atoms with Gasteiger partial charge < -0.3 is 0 Å². The highest BCUT2D eigenvalue weighted by Crippen LogP contribution is 2.55. The summed E-state index contributed by atoms with van der Waals surface area (Å²) < 4.78 is 0. The van der Waals surface area contributed by atoms with E-state index in [1.54, 1.807) is 6.92 Å². The zero-order valence-electron chi connectivity index (χ0n) is 18.7. The number of hydrogen-bond acceptors (Lipinski definition) is 1. The molecule has 0 spiro atoms. The van der Waals surface area contributed by atoms with Crippen molar-refractivity contribution in [2.75, 3.05) is 0 Å². The Labute approximate surface area is 195 Å². The van der Waals surface area contributed by atoms with E-state index in [1.165, 1.54) is 44.5 Å². The molecule has 0 unspecified atom stereocenters. The SMILES string of the molecule is CC(=O)CC1C(c2ccccc2)=C(c2ccccc2)C(c2ccccc2)=C1c1ccccc1. The Bertz CT molecular complexity index is 1220. The zero-order chi connectivity index (χ0) is 22.6. The zero-order valence-corrected chi connectivity index (χ0v) is 18.7. The summed E-state index contributed by atoms with van der Waals surface area (Å²) in [5, 5.41) is 0. The second-order valence-electron chi connectivity index (χ2n) is 8.50. The van der Waals surface area contributed by atoms with Gasteiger partial charge in [0.15, 0.2) is 0 Å². The third-order valence-corrected chi connectivity index (χ3v) is 6.27. The first-order chi connectivity index (χ1) is 16.2. The molecule has 0 atom stereocenters. The highest BCUT2D eigenvalue weighted by Gasteiger charge is 2.36. The molecular formula is C32H26O. The predicted molar refractivity (Wildman–Crippen MR) is 138 cm³/mol. The topological polar surface area (TPSA) is 17.1 Å². The second kappa shape index (κ2) is 9.26. The van der Waals surface area contributed by atoms with E-state index >= 15 is 0 Å². The van der Waals surface area contributed by atoms with Crippen LogP contribution < -0.4 is 0 Å². The summed E-state index contributed by atoms with van der Waals surface area (Å²) in [6.45, 7) is 1.70. The molecule has 0 heterocycles. The molecule has 4 aromatic rings. The Morgan fingerprint density at radius 2 is 0.818 bits per heavy atom. The Hall–Kier alpha value is -3.97. The molecule has 0 saturated carbocycles. The molecule has 1 aliphatic rings. The highest BCUT2D eigenvalue weighted by atomic mass is 16.1. The molecule has 1 aliphatic carbocycles. The minimum atomic E-state index is -0.0160. The van der Waals surface area contributed by atoms with Gasteiger partial charge in [0.2, 0.25) is 0 Å². The lowest BCUT2D eigenvalue weighted by atomic mass is 9.83. The predicted octanol–water partition coefficient (Wildman–Crippen LogP) is 7.82. The van der Waals surface area contributed by atoms with Gasteiger partial charge in [-0.3, -0.25) is 4.79 Å². The third-order valence-electron chi connectivity index (χ3n) is 6.27. The molecule has 0 fully saturated rings. The van der Waals surface area contributed by atoms with Gasteiger partial charge in [-0.25, -0.2) is 0 Å². The van der Waals surface area contributed by atoms with Crippen molar-refractivity contribution in [3.05, 3.63) is 144 Å². The minimum absolute atomic E-state index is 0.0160. The van der Waals surface area contributed by atoms with Crippen LogP contribution in [0.4, 0.5) is 0 Å². The fraction of sp³-hybridized carbons (Fsp3) is 0.0938. The molecule has 0 radical (unpaired) electrons. The molecule has 33 heavy (non-hydrogen) atoms. The van der Waals surface area contributed by atoms with E-state index in [2.05, 4.69) is 109 Å². The normalized spacial score (nSPS) is 14.1. The standard InChI is InChI=1S/C32H26O/c1-23(33)22-28-29(24-14-6-2-7-15-24)31(26-18-10-4-11-19-26)32(27-20-12-5-13-21-27)30(28)25-16-8-3-9-17-25/h2-21,28H,22H2,1H3. The van der Waals surface area contributed by atoms with Gasteiger partial charge in [-0.15, -0.1) is 0 Å². The van der Waals surface area contributed by atoms with Crippen LogP contribution in [0, 0.1) is 5.92 Å². The van der Waals surface area contributed by atoms with Crippen molar-refractivity contribution >= 4 is 28.1 Å². The van der Waals surface area contributed by atoms with Crippen molar-refractivity contribution in [3.8, 4) is 0 Å². The second-order valence-corrected chi connectivity index (χ2v) is 8.50. The summed E-state index contributed by atoms with van der Waals surface area (Å²) in [5.74, 6) is 0.182. The number of rotatable bonds is 6. The van der Waals surface area contributed by atoms with Crippen molar-refractivity contribution in [1.82, 2.24) is 0 Å². The van der Waals surface area contributed by atoms with Gasteiger partial charge in [0, 0.05) is 12.3 Å². The van der Waals surface area contributed by atoms with E-state index in [1.807, 2.05) is 12.1 Å². The Balaban J connectivity index is 1.90.